The summed E-state index contributed by atoms with van der Waals surface area (Å²) < 4.78 is 6.60. The summed E-state index contributed by atoms with van der Waals surface area (Å²) in [6.45, 7) is 15.4. The van der Waals surface area contributed by atoms with Gasteiger partial charge in [0.1, 0.15) is 0 Å². The van der Waals surface area contributed by atoms with Crippen molar-refractivity contribution < 1.29 is 4.43 Å². The van der Waals surface area contributed by atoms with E-state index < -0.39 is 8.32 Å². The van der Waals surface area contributed by atoms with Gasteiger partial charge in [-0.2, -0.15) is 0 Å². The zero-order chi connectivity index (χ0) is 16.8. The zero-order valence-electron chi connectivity index (χ0n) is 16.4. The van der Waals surface area contributed by atoms with Crippen LogP contribution in [0.1, 0.15) is 79.1 Å². The fraction of sp³-hybridized carbons (Fsp3) is 1.00. The Bertz CT molecular complexity index is 303. The van der Waals surface area contributed by atoms with Gasteiger partial charge in [-0.25, -0.2) is 0 Å². The SMILES string of the molecule is CCCCCCN(C)[C@H]1CC[C@H](O[Si](C)(C)C(C)(C)C)CC1. The normalized spacial score (nSPS) is 24.0. The second-order valence-corrected chi connectivity index (χ2v) is 13.6. The van der Waals surface area contributed by atoms with Crippen LogP contribution in [0.3, 0.4) is 0 Å². The first-order valence-electron chi connectivity index (χ1n) is 9.55. The molecular formula is C19H41NOSi. The standard InChI is InChI=1S/C19H41NOSi/c1-8-9-10-11-16-20(5)17-12-14-18(15-13-17)21-22(6,7)19(2,3)4/h17-18H,8-16H2,1-7H3/t17-,18-. The Morgan fingerprint density at radius 1 is 1.00 bits per heavy atom. The number of unbranched alkanes of at least 4 members (excludes halogenated alkanes) is 3. The van der Waals surface area contributed by atoms with Crippen molar-refractivity contribution in [1.29, 1.82) is 0 Å². The third-order valence-electron chi connectivity index (χ3n) is 5.90. The smallest absolute Gasteiger partial charge is 0.192 e. The summed E-state index contributed by atoms with van der Waals surface area (Å²) in [5.41, 5.74) is 0. The van der Waals surface area contributed by atoms with Crippen molar-refractivity contribution in [2.75, 3.05) is 13.6 Å². The number of nitrogens with zero attached hydrogens (tertiary/aromatic N) is 1. The summed E-state index contributed by atoms with van der Waals surface area (Å²) in [5, 5.41) is 0.333. The van der Waals surface area contributed by atoms with E-state index in [9.17, 15) is 0 Å². The highest BCUT2D eigenvalue weighted by Crippen LogP contribution is 2.39. The molecule has 0 amide bonds. The fourth-order valence-electron chi connectivity index (χ4n) is 3.17. The summed E-state index contributed by atoms with van der Waals surface area (Å²) in [4.78, 5) is 2.61. The Kier molecular flexibility index (Phi) is 8.11. The van der Waals surface area contributed by atoms with Crippen LogP contribution >= 0.6 is 0 Å². The predicted octanol–water partition coefficient (Wildman–Crippen LogP) is 5.83. The Labute approximate surface area is 141 Å². The lowest BCUT2D eigenvalue weighted by atomic mass is 9.92. The maximum atomic E-state index is 6.60. The third-order valence-corrected chi connectivity index (χ3v) is 10.4. The fourth-order valence-corrected chi connectivity index (χ4v) is 4.59. The van der Waals surface area contributed by atoms with E-state index in [1.165, 1.54) is 57.9 Å². The molecule has 2 nitrogen and oxygen atoms in total. The van der Waals surface area contributed by atoms with Crippen molar-refractivity contribution >= 4 is 8.32 Å². The van der Waals surface area contributed by atoms with Crippen molar-refractivity contribution in [3.05, 3.63) is 0 Å². The summed E-state index contributed by atoms with van der Waals surface area (Å²) in [5.74, 6) is 0. The van der Waals surface area contributed by atoms with Crippen molar-refractivity contribution in [3.63, 3.8) is 0 Å². The molecule has 0 atom stereocenters. The van der Waals surface area contributed by atoms with Gasteiger partial charge in [-0.1, -0.05) is 47.0 Å². The van der Waals surface area contributed by atoms with Crippen LogP contribution in [-0.4, -0.2) is 39.0 Å². The third kappa shape index (κ3) is 6.33. The Balaban J connectivity index is 2.31. The molecule has 0 spiro atoms. The molecule has 0 N–H and O–H groups in total. The van der Waals surface area contributed by atoms with Gasteiger partial charge < -0.3 is 9.33 Å². The van der Waals surface area contributed by atoms with Crippen LogP contribution in [0.5, 0.6) is 0 Å². The molecule has 0 unspecified atom stereocenters. The van der Waals surface area contributed by atoms with Crippen LogP contribution in [0.15, 0.2) is 0 Å². The van der Waals surface area contributed by atoms with Crippen molar-refractivity contribution in [3.8, 4) is 0 Å². The molecule has 0 saturated heterocycles. The molecule has 0 aliphatic heterocycles. The molecule has 1 rings (SSSR count). The van der Waals surface area contributed by atoms with Crippen molar-refractivity contribution in [2.45, 2.75) is 109 Å². The van der Waals surface area contributed by atoms with Gasteiger partial charge in [0.25, 0.3) is 0 Å². The van der Waals surface area contributed by atoms with E-state index in [-0.39, 0.29) is 0 Å². The molecule has 1 aliphatic carbocycles. The first-order valence-corrected chi connectivity index (χ1v) is 12.5. The minimum Gasteiger partial charge on any atom is -0.414 e. The highest BCUT2D eigenvalue weighted by molar-refractivity contribution is 6.74. The van der Waals surface area contributed by atoms with E-state index >= 15 is 0 Å². The Morgan fingerprint density at radius 2 is 1.59 bits per heavy atom. The van der Waals surface area contributed by atoms with Gasteiger partial charge >= 0.3 is 0 Å². The monoisotopic (exact) mass is 327 g/mol. The summed E-state index contributed by atoms with van der Waals surface area (Å²) in [6.07, 6.45) is 11.2. The first-order chi connectivity index (χ1) is 10.2. The van der Waals surface area contributed by atoms with E-state index in [1.807, 2.05) is 0 Å². The minimum absolute atomic E-state index is 0.333. The highest BCUT2D eigenvalue weighted by atomic mass is 28.4. The number of hydrogen-bond acceptors (Lipinski definition) is 2. The quantitative estimate of drug-likeness (QED) is 0.410. The average molecular weight is 328 g/mol. The summed E-state index contributed by atoms with van der Waals surface area (Å²) in [6, 6.07) is 0.792. The molecule has 0 radical (unpaired) electrons. The lowest BCUT2D eigenvalue weighted by molar-refractivity contribution is 0.0901. The number of hydrogen-bond donors (Lipinski definition) is 0. The maximum Gasteiger partial charge on any atom is 0.192 e. The lowest BCUT2D eigenvalue weighted by Gasteiger charge is -2.42. The predicted molar refractivity (Wildman–Crippen MR) is 101 cm³/mol. The van der Waals surface area contributed by atoms with Crippen LogP contribution in [0, 0.1) is 0 Å². The van der Waals surface area contributed by atoms with Crippen LogP contribution in [0.25, 0.3) is 0 Å². The summed E-state index contributed by atoms with van der Waals surface area (Å²) in [7, 11) is 0.740. The van der Waals surface area contributed by atoms with E-state index in [2.05, 4.69) is 52.7 Å². The molecule has 0 heterocycles. The molecule has 1 fully saturated rings. The van der Waals surface area contributed by atoms with E-state index in [4.69, 9.17) is 4.43 Å². The van der Waals surface area contributed by atoms with Gasteiger partial charge in [0.05, 0.1) is 0 Å². The van der Waals surface area contributed by atoms with Crippen LogP contribution < -0.4 is 0 Å². The Hall–Kier alpha value is 0.137. The van der Waals surface area contributed by atoms with Crippen LogP contribution in [0.2, 0.25) is 18.1 Å². The second-order valence-electron chi connectivity index (χ2n) is 8.85. The molecule has 132 valence electrons. The van der Waals surface area contributed by atoms with Crippen LogP contribution in [-0.2, 0) is 4.43 Å². The second kappa shape index (κ2) is 8.84. The van der Waals surface area contributed by atoms with Gasteiger partial charge in [-0.15, -0.1) is 0 Å². The molecule has 0 aromatic rings. The molecule has 0 bridgehead atoms. The highest BCUT2D eigenvalue weighted by Gasteiger charge is 2.39. The maximum absolute atomic E-state index is 6.60. The van der Waals surface area contributed by atoms with Gasteiger partial charge in [0, 0.05) is 12.1 Å². The Morgan fingerprint density at radius 3 is 2.09 bits per heavy atom. The van der Waals surface area contributed by atoms with E-state index in [0.29, 0.717) is 11.1 Å². The van der Waals surface area contributed by atoms with Gasteiger partial charge in [0.15, 0.2) is 8.32 Å². The van der Waals surface area contributed by atoms with Crippen molar-refractivity contribution in [1.82, 2.24) is 4.90 Å². The molecule has 22 heavy (non-hydrogen) atoms. The van der Waals surface area contributed by atoms with E-state index in [1.54, 1.807) is 0 Å². The van der Waals surface area contributed by atoms with Crippen LogP contribution in [0.4, 0.5) is 0 Å². The molecule has 3 heteroatoms. The molecule has 1 saturated carbocycles. The molecule has 1 aliphatic rings. The van der Waals surface area contributed by atoms with Gasteiger partial charge in [-0.05, 0) is 63.8 Å². The average Bonchev–Trinajstić information content (AvgIpc) is 2.42. The minimum atomic E-state index is -1.59. The molecule has 0 aromatic carbocycles. The molecule has 0 aromatic heterocycles. The summed E-state index contributed by atoms with van der Waals surface area (Å²) >= 11 is 0. The topological polar surface area (TPSA) is 12.5 Å². The van der Waals surface area contributed by atoms with Gasteiger partial charge in [-0.3, -0.25) is 0 Å². The largest absolute Gasteiger partial charge is 0.414 e. The molecular weight excluding hydrogens is 286 g/mol. The number of rotatable bonds is 8. The first kappa shape index (κ1) is 20.2. The zero-order valence-corrected chi connectivity index (χ0v) is 17.4. The van der Waals surface area contributed by atoms with E-state index in [0.717, 1.165) is 6.04 Å². The van der Waals surface area contributed by atoms with Crippen molar-refractivity contribution in [2.24, 2.45) is 0 Å². The van der Waals surface area contributed by atoms with Gasteiger partial charge in [0.2, 0.25) is 0 Å². The lowest BCUT2D eigenvalue weighted by Crippen LogP contribution is -2.46.